The van der Waals surface area contributed by atoms with Gasteiger partial charge in [-0.15, -0.1) is 0 Å². The van der Waals surface area contributed by atoms with Crippen molar-refractivity contribution in [1.82, 2.24) is 4.98 Å². The number of esters is 1. The summed E-state index contributed by atoms with van der Waals surface area (Å²) in [5, 5.41) is 23.1. The first-order chi connectivity index (χ1) is 16.4. The standard InChI is InChI=1S/C26H21BrN2O5/c1-32-19-13-29-14-20-23(19)25(31)18(12-28)21(24(30)33-2)22(15-6-4-3-5-7-15)26(25,34-20)16-8-10-17(27)11-9-16/h3-11,13-14,18,21-22,31H,1-2H3/t18-,21-,22+,25+,26-/m0/s1. The molecule has 1 aliphatic heterocycles. The molecule has 0 radical (unpaired) electrons. The number of fused-ring (bicyclic) bond motifs is 3. The van der Waals surface area contributed by atoms with Gasteiger partial charge in [-0.25, -0.2) is 0 Å². The van der Waals surface area contributed by atoms with Crippen LogP contribution in [0.2, 0.25) is 0 Å². The lowest BCUT2D eigenvalue weighted by atomic mass is 9.70. The van der Waals surface area contributed by atoms with E-state index in [1.54, 1.807) is 0 Å². The molecule has 0 unspecified atom stereocenters. The average Bonchev–Trinajstić information content (AvgIpc) is 3.26. The quantitative estimate of drug-likeness (QED) is 0.517. The Kier molecular flexibility index (Phi) is 5.34. The van der Waals surface area contributed by atoms with E-state index in [2.05, 4.69) is 27.0 Å². The van der Waals surface area contributed by atoms with Crippen LogP contribution in [0.3, 0.4) is 0 Å². The number of nitriles is 1. The number of carbonyl (C=O) groups excluding carboxylic acids is 1. The molecule has 7 nitrogen and oxygen atoms in total. The van der Waals surface area contributed by atoms with Gasteiger partial charge in [0.2, 0.25) is 0 Å². The number of carbonyl (C=O) groups is 1. The highest BCUT2D eigenvalue weighted by atomic mass is 79.9. The molecule has 3 aromatic rings. The van der Waals surface area contributed by atoms with Gasteiger partial charge >= 0.3 is 5.97 Å². The topological polar surface area (TPSA) is 102 Å². The van der Waals surface area contributed by atoms with Crippen LogP contribution in [-0.4, -0.2) is 30.3 Å². The first-order valence-corrected chi connectivity index (χ1v) is 11.5. The SMILES string of the molecule is COC(=O)[C@@H]1[C@@H](c2ccccc2)[C@]2(c3ccc(Br)cc3)Oc3cncc(OC)c3[C@]2(O)[C@H]1C#N. The predicted molar refractivity (Wildman–Crippen MR) is 125 cm³/mol. The summed E-state index contributed by atoms with van der Waals surface area (Å²) >= 11 is 3.46. The van der Waals surface area contributed by atoms with Crippen molar-refractivity contribution in [3.05, 3.63) is 88.2 Å². The molecule has 2 aliphatic rings. The minimum absolute atomic E-state index is 0.275. The van der Waals surface area contributed by atoms with Crippen molar-refractivity contribution in [2.45, 2.75) is 17.1 Å². The summed E-state index contributed by atoms with van der Waals surface area (Å²) in [4.78, 5) is 17.4. The van der Waals surface area contributed by atoms with Crippen LogP contribution in [0.25, 0.3) is 0 Å². The van der Waals surface area contributed by atoms with Crippen molar-refractivity contribution in [2.75, 3.05) is 14.2 Å². The molecular weight excluding hydrogens is 500 g/mol. The number of hydrogen-bond donors (Lipinski definition) is 1. The van der Waals surface area contributed by atoms with Gasteiger partial charge in [0, 0.05) is 10.4 Å². The van der Waals surface area contributed by atoms with E-state index in [1.807, 2.05) is 54.6 Å². The number of ether oxygens (including phenoxy) is 3. The summed E-state index contributed by atoms with van der Waals surface area (Å²) in [6.07, 6.45) is 2.97. The summed E-state index contributed by atoms with van der Waals surface area (Å²) in [6, 6.07) is 18.8. The summed E-state index contributed by atoms with van der Waals surface area (Å²) in [7, 11) is 2.74. The molecule has 2 heterocycles. The molecule has 1 N–H and O–H groups in total. The zero-order valence-corrected chi connectivity index (χ0v) is 20.0. The van der Waals surface area contributed by atoms with E-state index in [0.717, 1.165) is 10.0 Å². The van der Waals surface area contributed by atoms with E-state index in [1.165, 1.54) is 26.6 Å². The van der Waals surface area contributed by atoms with Gasteiger partial charge in [0.1, 0.15) is 11.5 Å². The van der Waals surface area contributed by atoms with Crippen molar-refractivity contribution in [3.8, 4) is 17.6 Å². The minimum Gasteiger partial charge on any atom is -0.495 e. The molecule has 5 rings (SSSR count). The zero-order valence-electron chi connectivity index (χ0n) is 18.4. The van der Waals surface area contributed by atoms with Crippen molar-refractivity contribution < 1.29 is 24.1 Å². The summed E-state index contributed by atoms with van der Waals surface area (Å²) in [6.45, 7) is 0. The number of hydrogen-bond acceptors (Lipinski definition) is 7. The van der Waals surface area contributed by atoms with Gasteiger partial charge in [0.05, 0.1) is 50.1 Å². The number of benzene rings is 2. The third-order valence-electron chi connectivity index (χ3n) is 6.97. The van der Waals surface area contributed by atoms with Crippen LogP contribution in [-0.2, 0) is 20.7 Å². The van der Waals surface area contributed by atoms with Crippen LogP contribution < -0.4 is 9.47 Å². The lowest BCUT2D eigenvalue weighted by Crippen LogP contribution is -2.50. The number of pyridine rings is 1. The number of methoxy groups -OCH3 is 2. The van der Waals surface area contributed by atoms with E-state index in [0.29, 0.717) is 16.9 Å². The van der Waals surface area contributed by atoms with Gasteiger partial charge in [-0.05, 0) is 23.3 Å². The van der Waals surface area contributed by atoms with Crippen molar-refractivity contribution in [2.24, 2.45) is 11.8 Å². The number of halogens is 1. The molecule has 0 saturated heterocycles. The highest BCUT2D eigenvalue weighted by molar-refractivity contribution is 9.10. The van der Waals surface area contributed by atoms with Gasteiger partial charge in [0.25, 0.3) is 0 Å². The fourth-order valence-corrected chi connectivity index (χ4v) is 5.96. The molecule has 34 heavy (non-hydrogen) atoms. The summed E-state index contributed by atoms with van der Waals surface area (Å²) < 4.78 is 18.2. The molecule has 1 aliphatic carbocycles. The minimum atomic E-state index is -1.95. The maximum absolute atomic E-state index is 13.2. The Bertz CT molecular complexity index is 1290. The molecule has 5 atom stereocenters. The second-order valence-corrected chi connectivity index (χ2v) is 9.29. The fraction of sp³-hybridized carbons (Fsp3) is 0.269. The van der Waals surface area contributed by atoms with Crippen molar-refractivity contribution >= 4 is 21.9 Å². The molecule has 1 aromatic heterocycles. The lowest BCUT2D eigenvalue weighted by molar-refractivity contribution is -0.148. The lowest BCUT2D eigenvalue weighted by Gasteiger charge is -2.40. The van der Waals surface area contributed by atoms with Gasteiger partial charge in [0.15, 0.2) is 11.2 Å². The maximum atomic E-state index is 13.2. The van der Waals surface area contributed by atoms with Crippen molar-refractivity contribution in [1.29, 1.82) is 5.26 Å². The normalized spacial score (nSPS) is 28.9. The third-order valence-corrected chi connectivity index (χ3v) is 7.49. The average molecular weight is 521 g/mol. The van der Waals surface area contributed by atoms with Crippen LogP contribution in [0.15, 0.2) is 71.5 Å². The van der Waals surface area contributed by atoms with Crippen LogP contribution in [0.5, 0.6) is 11.5 Å². The molecule has 0 spiro atoms. The third kappa shape index (κ3) is 2.77. The first kappa shape index (κ1) is 22.4. The number of aliphatic hydroxyl groups is 1. The Morgan fingerprint density at radius 3 is 2.47 bits per heavy atom. The Labute approximate surface area is 205 Å². The Hall–Kier alpha value is -3.41. The number of rotatable bonds is 4. The molecule has 172 valence electrons. The largest absolute Gasteiger partial charge is 0.495 e. The molecule has 0 amide bonds. The zero-order chi connectivity index (χ0) is 24.1. The first-order valence-electron chi connectivity index (χ1n) is 10.7. The molecule has 1 saturated carbocycles. The van der Waals surface area contributed by atoms with E-state index >= 15 is 0 Å². The Morgan fingerprint density at radius 1 is 1.15 bits per heavy atom. The molecule has 1 fully saturated rings. The van der Waals surface area contributed by atoms with Gasteiger partial charge in [-0.2, -0.15) is 5.26 Å². The van der Waals surface area contributed by atoms with Crippen LogP contribution in [0.1, 0.15) is 22.6 Å². The van der Waals surface area contributed by atoms with E-state index < -0.39 is 34.9 Å². The van der Waals surface area contributed by atoms with Crippen LogP contribution in [0, 0.1) is 23.2 Å². The Morgan fingerprint density at radius 2 is 1.85 bits per heavy atom. The van der Waals surface area contributed by atoms with E-state index in [-0.39, 0.29) is 5.75 Å². The van der Waals surface area contributed by atoms with Gasteiger partial charge < -0.3 is 19.3 Å². The second kappa shape index (κ2) is 8.12. The molecule has 0 bridgehead atoms. The van der Waals surface area contributed by atoms with E-state index in [4.69, 9.17) is 14.2 Å². The molecular formula is C26H21BrN2O5. The number of aromatic nitrogens is 1. The Balaban J connectivity index is 1.92. The molecule has 8 heteroatoms. The highest BCUT2D eigenvalue weighted by Crippen LogP contribution is 2.71. The van der Waals surface area contributed by atoms with Crippen LogP contribution in [0.4, 0.5) is 0 Å². The maximum Gasteiger partial charge on any atom is 0.310 e. The monoisotopic (exact) mass is 520 g/mol. The summed E-state index contributed by atoms with van der Waals surface area (Å²) in [5.41, 5.74) is -1.84. The van der Waals surface area contributed by atoms with E-state index in [9.17, 15) is 15.2 Å². The predicted octanol–water partition coefficient (Wildman–Crippen LogP) is 4.05. The van der Waals surface area contributed by atoms with Gasteiger partial charge in [-0.3, -0.25) is 9.78 Å². The van der Waals surface area contributed by atoms with Crippen LogP contribution >= 0.6 is 15.9 Å². The van der Waals surface area contributed by atoms with Crippen molar-refractivity contribution in [3.63, 3.8) is 0 Å². The van der Waals surface area contributed by atoms with Gasteiger partial charge in [-0.1, -0.05) is 58.4 Å². The highest BCUT2D eigenvalue weighted by Gasteiger charge is 2.78. The number of nitrogens with zero attached hydrogens (tertiary/aromatic N) is 2. The second-order valence-electron chi connectivity index (χ2n) is 8.37. The summed E-state index contributed by atoms with van der Waals surface area (Å²) in [5.74, 6) is -3.00. The fourth-order valence-electron chi connectivity index (χ4n) is 5.70. The smallest absolute Gasteiger partial charge is 0.310 e. The molecule has 2 aromatic carbocycles.